The van der Waals surface area contributed by atoms with E-state index in [-0.39, 0.29) is 23.5 Å². The molecule has 2 N–H and O–H groups in total. The highest BCUT2D eigenvalue weighted by Gasteiger charge is 2.37. The normalized spacial score (nSPS) is 13.4. The Kier molecular flexibility index (Phi) is 5.76. The minimum atomic E-state index is -4.93. The molecule has 0 aliphatic heterocycles. The summed E-state index contributed by atoms with van der Waals surface area (Å²) in [5.41, 5.74) is -3.19. The van der Waals surface area contributed by atoms with E-state index in [1.807, 2.05) is 0 Å². The molecule has 1 aromatic rings. The maximum atomic E-state index is 12.8. The summed E-state index contributed by atoms with van der Waals surface area (Å²) in [5, 5.41) is 14.1. The molecule has 1 rings (SSSR count). The second kappa shape index (κ2) is 7.03. The molecule has 1 aromatic carbocycles. The van der Waals surface area contributed by atoms with Gasteiger partial charge in [0.25, 0.3) is 0 Å². The predicted molar refractivity (Wildman–Crippen MR) is 76.7 cm³/mol. The number of allylic oxidation sites excluding steroid dienone is 1. The van der Waals surface area contributed by atoms with Gasteiger partial charge >= 0.3 is 12.4 Å². The highest BCUT2D eigenvalue weighted by atomic mass is 19.4. The van der Waals surface area contributed by atoms with E-state index < -0.39 is 29.2 Å². The van der Waals surface area contributed by atoms with E-state index in [0.29, 0.717) is 12.1 Å². The zero-order chi connectivity index (χ0) is 18.7. The summed E-state index contributed by atoms with van der Waals surface area (Å²) < 4.78 is 77.0. The van der Waals surface area contributed by atoms with E-state index >= 15 is 0 Å². The predicted octanol–water partition coefficient (Wildman–Crippen LogP) is 4.89. The standard InChI is InChI=1S/C15H15F6N3/c1-8(2)23-13(9(3)7-22)24-12-5-10(14(16,17)18)4-11(6-12)15(19,20)21/h4-6,8,23-24H,1-3H3. The van der Waals surface area contributed by atoms with E-state index in [2.05, 4.69) is 10.6 Å². The van der Waals surface area contributed by atoms with Crippen molar-refractivity contribution in [3.05, 3.63) is 40.7 Å². The fraction of sp³-hybridized carbons (Fsp3) is 0.400. The Labute approximate surface area is 135 Å². The Morgan fingerprint density at radius 2 is 1.46 bits per heavy atom. The number of nitrogens with one attached hydrogen (secondary N) is 2. The summed E-state index contributed by atoms with van der Waals surface area (Å²) in [6.07, 6.45) is -9.87. The second-order valence-electron chi connectivity index (χ2n) is 5.33. The lowest BCUT2D eigenvalue weighted by molar-refractivity contribution is -0.143. The Morgan fingerprint density at radius 3 is 1.79 bits per heavy atom. The van der Waals surface area contributed by atoms with Gasteiger partial charge in [0.15, 0.2) is 0 Å². The van der Waals surface area contributed by atoms with Gasteiger partial charge in [-0.2, -0.15) is 31.6 Å². The van der Waals surface area contributed by atoms with Gasteiger partial charge in [-0.3, -0.25) is 0 Å². The number of alkyl halides is 6. The number of hydrogen-bond acceptors (Lipinski definition) is 3. The maximum absolute atomic E-state index is 12.8. The van der Waals surface area contributed by atoms with Gasteiger partial charge < -0.3 is 10.6 Å². The first-order valence-electron chi connectivity index (χ1n) is 6.78. The summed E-state index contributed by atoms with van der Waals surface area (Å²) in [4.78, 5) is 0. The fourth-order valence-corrected chi connectivity index (χ4v) is 1.75. The van der Waals surface area contributed by atoms with Crippen LogP contribution in [0.3, 0.4) is 0 Å². The van der Waals surface area contributed by atoms with Crippen LogP contribution in [0, 0.1) is 11.3 Å². The quantitative estimate of drug-likeness (QED) is 0.600. The summed E-state index contributed by atoms with van der Waals surface area (Å²) in [6, 6.07) is 2.76. The molecule has 9 heteroatoms. The SMILES string of the molecule is CC(C#N)=C(Nc1cc(C(F)(F)F)cc(C(F)(F)F)c1)NC(C)C. The summed E-state index contributed by atoms with van der Waals surface area (Å²) >= 11 is 0. The van der Waals surface area contributed by atoms with Crippen LogP contribution in [0.5, 0.6) is 0 Å². The van der Waals surface area contributed by atoms with Gasteiger partial charge in [0.1, 0.15) is 5.82 Å². The second-order valence-corrected chi connectivity index (χ2v) is 5.33. The van der Waals surface area contributed by atoms with Crippen LogP contribution in [0.15, 0.2) is 29.6 Å². The van der Waals surface area contributed by atoms with Gasteiger partial charge in [0, 0.05) is 11.7 Å². The molecule has 0 heterocycles. The number of hydrogen-bond donors (Lipinski definition) is 2. The molecular weight excluding hydrogens is 336 g/mol. The number of halogens is 6. The third-order valence-corrected chi connectivity index (χ3v) is 2.83. The minimum Gasteiger partial charge on any atom is -0.369 e. The van der Waals surface area contributed by atoms with Crippen molar-refractivity contribution >= 4 is 5.69 Å². The molecule has 0 aliphatic rings. The summed E-state index contributed by atoms with van der Waals surface area (Å²) in [7, 11) is 0. The van der Waals surface area contributed by atoms with Crippen LogP contribution >= 0.6 is 0 Å². The van der Waals surface area contributed by atoms with Gasteiger partial charge in [-0.25, -0.2) is 0 Å². The smallest absolute Gasteiger partial charge is 0.369 e. The van der Waals surface area contributed by atoms with Crippen molar-refractivity contribution in [1.29, 1.82) is 5.26 Å². The van der Waals surface area contributed by atoms with E-state index in [9.17, 15) is 26.3 Å². The number of nitrogens with zero attached hydrogens (tertiary/aromatic N) is 1. The first-order valence-corrected chi connectivity index (χ1v) is 6.78. The molecule has 0 amide bonds. The van der Waals surface area contributed by atoms with Crippen LogP contribution in [0.2, 0.25) is 0 Å². The molecule has 0 aromatic heterocycles. The molecule has 3 nitrogen and oxygen atoms in total. The fourth-order valence-electron chi connectivity index (χ4n) is 1.75. The lowest BCUT2D eigenvalue weighted by Gasteiger charge is -2.19. The van der Waals surface area contributed by atoms with Gasteiger partial charge in [-0.05, 0) is 39.0 Å². The van der Waals surface area contributed by atoms with E-state index in [4.69, 9.17) is 5.26 Å². The zero-order valence-corrected chi connectivity index (χ0v) is 13.0. The zero-order valence-electron chi connectivity index (χ0n) is 13.0. The van der Waals surface area contributed by atoms with Gasteiger partial charge in [-0.1, -0.05) is 0 Å². The molecule has 0 saturated carbocycles. The lowest BCUT2D eigenvalue weighted by Crippen LogP contribution is -2.28. The van der Waals surface area contributed by atoms with Crippen LogP contribution in [-0.2, 0) is 12.4 Å². The van der Waals surface area contributed by atoms with Gasteiger partial charge in [0.05, 0.1) is 22.8 Å². The average Bonchev–Trinajstić information content (AvgIpc) is 2.43. The largest absolute Gasteiger partial charge is 0.416 e. The number of rotatable bonds is 4. The minimum absolute atomic E-state index is 0.0416. The third-order valence-electron chi connectivity index (χ3n) is 2.83. The average molecular weight is 351 g/mol. The molecule has 0 aliphatic carbocycles. The Hall–Kier alpha value is -2.37. The van der Waals surface area contributed by atoms with E-state index in [1.54, 1.807) is 19.9 Å². The van der Waals surface area contributed by atoms with Crippen LogP contribution in [0.4, 0.5) is 32.0 Å². The number of nitriles is 1. The Bertz CT molecular complexity index is 633. The molecule has 0 atom stereocenters. The first-order chi connectivity index (χ1) is 10.8. The van der Waals surface area contributed by atoms with Gasteiger partial charge in [-0.15, -0.1) is 0 Å². The molecule has 0 saturated heterocycles. The Morgan fingerprint density at radius 1 is 1.00 bits per heavy atom. The van der Waals surface area contributed by atoms with E-state index in [0.717, 1.165) is 0 Å². The molecule has 0 spiro atoms. The number of anilines is 1. The van der Waals surface area contributed by atoms with Crippen molar-refractivity contribution in [2.45, 2.75) is 39.2 Å². The van der Waals surface area contributed by atoms with Crippen molar-refractivity contribution in [2.75, 3.05) is 5.32 Å². The Balaban J connectivity index is 3.40. The van der Waals surface area contributed by atoms with Gasteiger partial charge in [0.2, 0.25) is 0 Å². The number of benzene rings is 1. The highest BCUT2D eigenvalue weighted by molar-refractivity contribution is 5.55. The van der Waals surface area contributed by atoms with Crippen molar-refractivity contribution in [3.63, 3.8) is 0 Å². The van der Waals surface area contributed by atoms with Crippen molar-refractivity contribution in [2.24, 2.45) is 0 Å². The third kappa shape index (κ3) is 5.37. The monoisotopic (exact) mass is 351 g/mol. The van der Waals surface area contributed by atoms with Crippen LogP contribution in [0.25, 0.3) is 0 Å². The van der Waals surface area contributed by atoms with Crippen molar-refractivity contribution in [1.82, 2.24) is 5.32 Å². The van der Waals surface area contributed by atoms with Crippen LogP contribution < -0.4 is 10.6 Å². The molecule has 0 radical (unpaired) electrons. The summed E-state index contributed by atoms with van der Waals surface area (Å²) in [6.45, 7) is 4.80. The topological polar surface area (TPSA) is 47.9 Å². The van der Waals surface area contributed by atoms with Crippen molar-refractivity contribution in [3.8, 4) is 6.07 Å². The van der Waals surface area contributed by atoms with Crippen LogP contribution in [0.1, 0.15) is 31.9 Å². The molecular formula is C15H15F6N3. The molecule has 0 fully saturated rings. The highest BCUT2D eigenvalue weighted by Crippen LogP contribution is 2.37. The lowest BCUT2D eigenvalue weighted by atomic mass is 10.1. The van der Waals surface area contributed by atoms with Crippen molar-refractivity contribution < 1.29 is 26.3 Å². The molecule has 0 unspecified atom stereocenters. The molecule has 0 bridgehead atoms. The van der Waals surface area contributed by atoms with Crippen LogP contribution in [-0.4, -0.2) is 6.04 Å². The van der Waals surface area contributed by atoms with E-state index in [1.165, 1.54) is 6.92 Å². The molecule has 24 heavy (non-hydrogen) atoms. The first kappa shape index (κ1) is 19.7. The molecule has 132 valence electrons. The summed E-state index contributed by atoms with van der Waals surface area (Å²) in [5.74, 6) is 0.0416. The maximum Gasteiger partial charge on any atom is 0.416 e.